The number of aromatic nitrogens is 3. The molecule has 3 aliphatic carbocycles. The van der Waals surface area contributed by atoms with Gasteiger partial charge in [-0.3, -0.25) is 4.79 Å². The highest BCUT2D eigenvalue weighted by Crippen LogP contribution is 2.57. The van der Waals surface area contributed by atoms with Crippen LogP contribution in [0.3, 0.4) is 0 Å². The average Bonchev–Trinajstić information content (AvgIpc) is 3.59. The highest BCUT2D eigenvalue weighted by Gasteiger charge is 2.51. The fourth-order valence-electron chi connectivity index (χ4n) is 4.62. The van der Waals surface area contributed by atoms with Crippen LogP contribution in [0.2, 0.25) is 5.02 Å². The molecule has 5 nitrogen and oxygen atoms in total. The highest BCUT2D eigenvalue weighted by atomic mass is 35.5. The van der Waals surface area contributed by atoms with Crippen LogP contribution in [0, 0.1) is 11.7 Å². The Hall–Kier alpha value is -2.73. The summed E-state index contributed by atoms with van der Waals surface area (Å²) in [6.45, 7) is 0. The second kappa shape index (κ2) is 5.89. The maximum Gasteiger partial charge on any atom is 0.272 e. The number of pyridine rings is 1. The number of hydrogen-bond acceptors (Lipinski definition) is 3. The van der Waals surface area contributed by atoms with Gasteiger partial charge >= 0.3 is 0 Å². The SMILES string of the molecule is O=C(NC1(c2ccc(F)cc2)CC1)c1nn(-c2ccc(Cl)cn2)c2c1C[C@H]1C[C@@H]21. The Morgan fingerprint density at radius 1 is 1.21 bits per heavy atom. The number of rotatable bonds is 4. The predicted molar refractivity (Wildman–Crippen MR) is 106 cm³/mol. The van der Waals surface area contributed by atoms with Gasteiger partial charge in [0.25, 0.3) is 5.91 Å². The van der Waals surface area contributed by atoms with E-state index in [9.17, 15) is 9.18 Å². The van der Waals surface area contributed by atoms with Gasteiger partial charge in [0.15, 0.2) is 11.5 Å². The lowest BCUT2D eigenvalue weighted by Gasteiger charge is -2.17. The minimum Gasteiger partial charge on any atom is -0.341 e. The third-order valence-electron chi connectivity index (χ3n) is 6.41. The van der Waals surface area contributed by atoms with Crippen molar-refractivity contribution in [2.24, 2.45) is 5.92 Å². The summed E-state index contributed by atoms with van der Waals surface area (Å²) in [4.78, 5) is 17.6. The number of fused-ring (bicyclic) bond motifs is 3. The van der Waals surface area contributed by atoms with E-state index >= 15 is 0 Å². The normalized spacial score (nSPS) is 22.7. The van der Waals surface area contributed by atoms with Crippen LogP contribution < -0.4 is 5.32 Å². The maximum atomic E-state index is 13.3. The van der Waals surface area contributed by atoms with E-state index < -0.39 is 5.54 Å². The van der Waals surface area contributed by atoms with E-state index in [0.717, 1.165) is 42.5 Å². The van der Waals surface area contributed by atoms with Gasteiger partial charge in [0.2, 0.25) is 0 Å². The van der Waals surface area contributed by atoms with Gasteiger partial charge in [-0.25, -0.2) is 14.1 Å². The van der Waals surface area contributed by atoms with E-state index in [1.807, 2.05) is 10.7 Å². The van der Waals surface area contributed by atoms with Crippen molar-refractivity contribution in [3.63, 3.8) is 0 Å². The van der Waals surface area contributed by atoms with Gasteiger partial charge < -0.3 is 5.32 Å². The summed E-state index contributed by atoms with van der Waals surface area (Å²) in [6, 6.07) is 9.98. The lowest BCUT2D eigenvalue weighted by Crippen LogP contribution is -2.35. The third kappa shape index (κ3) is 2.69. The van der Waals surface area contributed by atoms with Gasteiger partial charge in [0.1, 0.15) is 5.82 Å². The summed E-state index contributed by atoms with van der Waals surface area (Å²) in [5.74, 6) is 1.31. The van der Waals surface area contributed by atoms with E-state index in [0.29, 0.717) is 28.4 Å². The molecule has 7 heteroatoms. The topological polar surface area (TPSA) is 59.8 Å². The Bertz CT molecular complexity index is 1130. The second-order valence-electron chi connectivity index (χ2n) is 8.31. The zero-order valence-electron chi connectivity index (χ0n) is 15.5. The first-order chi connectivity index (χ1) is 14.0. The molecule has 2 atom stereocenters. The molecule has 0 radical (unpaired) electrons. The Morgan fingerprint density at radius 2 is 2.00 bits per heavy atom. The van der Waals surface area contributed by atoms with E-state index in [-0.39, 0.29) is 11.7 Å². The molecule has 1 N–H and O–H groups in total. The van der Waals surface area contributed by atoms with Crippen LogP contribution in [0.4, 0.5) is 4.39 Å². The van der Waals surface area contributed by atoms with Crippen LogP contribution in [0.15, 0.2) is 42.6 Å². The quantitative estimate of drug-likeness (QED) is 0.705. The summed E-state index contributed by atoms with van der Waals surface area (Å²) in [5.41, 5.74) is 3.15. The molecule has 0 saturated heterocycles. The number of carbonyl (C=O) groups is 1. The summed E-state index contributed by atoms with van der Waals surface area (Å²) < 4.78 is 15.1. The lowest BCUT2D eigenvalue weighted by atomic mass is 10.0. The molecular weight excluding hydrogens is 391 g/mol. The van der Waals surface area contributed by atoms with Crippen molar-refractivity contribution < 1.29 is 9.18 Å². The molecule has 1 amide bonds. The van der Waals surface area contributed by atoms with Gasteiger partial charge in [-0.1, -0.05) is 23.7 Å². The van der Waals surface area contributed by atoms with E-state index in [4.69, 9.17) is 11.6 Å². The molecule has 0 spiro atoms. The van der Waals surface area contributed by atoms with Crippen LogP contribution in [0.1, 0.15) is 52.5 Å². The summed E-state index contributed by atoms with van der Waals surface area (Å²) in [5, 5.41) is 8.41. The average molecular weight is 409 g/mol. The number of nitrogens with zero attached hydrogens (tertiary/aromatic N) is 3. The maximum absolute atomic E-state index is 13.3. The van der Waals surface area contributed by atoms with E-state index in [2.05, 4.69) is 15.4 Å². The number of halogens is 2. The van der Waals surface area contributed by atoms with Crippen LogP contribution in [0.5, 0.6) is 0 Å². The number of hydrogen-bond donors (Lipinski definition) is 1. The largest absolute Gasteiger partial charge is 0.341 e. The summed E-state index contributed by atoms with van der Waals surface area (Å²) >= 11 is 5.98. The molecule has 146 valence electrons. The van der Waals surface area contributed by atoms with Crippen LogP contribution in [0.25, 0.3) is 5.82 Å². The van der Waals surface area contributed by atoms with Gasteiger partial charge in [-0.15, -0.1) is 0 Å². The van der Waals surface area contributed by atoms with Crippen molar-refractivity contribution in [1.82, 2.24) is 20.1 Å². The van der Waals surface area contributed by atoms with Crippen molar-refractivity contribution in [3.8, 4) is 5.82 Å². The zero-order chi connectivity index (χ0) is 19.8. The smallest absolute Gasteiger partial charge is 0.272 e. The molecule has 29 heavy (non-hydrogen) atoms. The molecule has 3 aromatic rings. The van der Waals surface area contributed by atoms with Gasteiger partial charge in [0, 0.05) is 17.7 Å². The summed E-state index contributed by atoms with van der Waals surface area (Å²) in [6.07, 6.45) is 5.32. The van der Waals surface area contributed by atoms with Crippen LogP contribution >= 0.6 is 11.6 Å². The van der Waals surface area contributed by atoms with Crippen LogP contribution in [-0.4, -0.2) is 20.7 Å². The van der Waals surface area contributed by atoms with Crippen molar-refractivity contribution in [1.29, 1.82) is 0 Å². The van der Waals surface area contributed by atoms with Crippen molar-refractivity contribution in [2.75, 3.05) is 0 Å². The molecule has 2 saturated carbocycles. The first-order valence-electron chi connectivity index (χ1n) is 9.86. The Kier molecular flexibility index (Phi) is 3.48. The van der Waals surface area contributed by atoms with Gasteiger partial charge in [0.05, 0.1) is 16.3 Å². The lowest BCUT2D eigenvalue weighted by molar-refractivity contribution is 0.0924. The fourth-order valence-corrected chi connectivity index (χ4v) is 4.73. The Balaban J connectivity index is 1.35. The van der Waals surface area contributed by atoms with E-state index in [1.165, 1.54) is 12.1 Å². The molecule has 0 aliphatic heterocycles. The van der Waals surface area contributed by atoms with Crippen molar-refractivity contribution in [3.05, 3.63) is 75.9 Å². The molecule has 1 aromatic carbocycles. The zero-order valence-corrected chi connectivity index (χ0v) is 16.3. The molecule has 2 fully saturated rings. The minimum absolute atomic E-state index is 0.169. The first-order valence-corrected chi connectivity index (χ1v) is 10.2. The molecule has 2 aromatic heterocycles. The van der Waals surface area contributed by atoms with E-state index in [1.54, 1.807) is 24.4 Å². The standard InChI is InChI=1S/C22H18ClFN4O/c23-14-3-6-18(25-11-14)28-20-16-9-12(16)10-17(20)19(27-28)21(29)26-22(7-8-22)13-1-4-15(24)5-2-13/h1-6,11-12,16H,7-10H2,(H,26,29)/t12-,16-/m1/s1. The Labute approximate surface area is 171 Å². The molecule has 0 unspecified atom stereocenters. The summed E-state index contributed by atoms with van der Waals surface area (Å²) in [7, 11) is 0. The number of nitrogens with one attached hydrogen (secondary N) is 1. The number of carbonyl (C=O) groups excluding carboxylic acids is 1. The number of benzene rings is 1. The molecular formula is C22H18ClFN4O. The minimum atomic E-state index is -0.415. The molecule has 2 heterocycles. The van der Waals surface area contributed by atoms with Crippen molar-refractivity contribution >= 4 is 17.5 Å². The number of amides is 1. The highest BCUT2D eigenvalue weighted by molar-refractivity contribution is 6.30. The fraction of sp³-hybridized carbons (Fsp3) is 0.318. The van der Waals surface area contributed by atoms with Gasteiger partial charge in [-0.2, -0.15) is 5.10 Å². The van der Waals surface area contributed by atoms with Crippen LogP contribution in [-0.2, 0) is 12.0 Å². The Morgan fingerprint density at radius 3 is 2.69 bits per heavy atom. The molecule has 0 bridgehead atoms. The third-order valence-corrected chi connectivity index (χ3v) is 6.63. The van der Waals surface area contributed by atoms with Crippen molar-refractivity contribution in [2.45, 2.75) is 37.1 Å². The molecule has 6 rings (SSSR count). The first kappa shape index (κ1) is 17.2. The predicted octanol–water partition coefficient (Wildman–Crippen LogP) is 4.14. The monoisotopic (exact) mass is 408 g/mol. The molecule has 3 aliphatic rings. The van der Waals surface area contributed by atoms with Gasteiger partial charge in [-0.05, 0) is 61.4 Å². The second-order valence-corrected chi connectivity index (χ2v) is 8.74.